The number of carbonyl (C=O) groups excluding carboxylic acids is 3. The molecule has 1 aromatic carbocycles. The summed E-state index contributed by atoms with van der Waals surface area (Å²) in [6.07, 6.45) is 12.5. The van der Waals surface area contributed by atoms with Gasteiger partial charge in [-0.05, 0) is 60.5 Å². The molecule has 2 heterocycles. The van der Waals surface area contributed by atoms with Crippen molar-refractivity contribution in [2.24, 2.45) is 40.0 Å². The van der Waals surface area contributed by atoms with Gasteiger partial charge in [0.15, 0.2) is 6.04 Å². The van der Waals surface area contributed by atoms with Gasteiger partial charge in [0.05, 0.1) is 25.3 Å². The quantitative estimate of drug-likeness (QED) is 0.182. The Morgan fingerprint density at radius 1 is 1.09 bits per heavy atom. The molecule has 7 atom stereocenters. The minimum Gasteiger partial charge on any atom is -0.540 e. The Labute approximate surface area is 291 Å². The summed E-state index contributed by atoms with van der Waals surface area (Å²) in [6, 6.07) is 4.38. The van der Waals surface area contributed by atoms with E-state index in [2.05, 4.69) is 22.8 Å². The molecular formula is C35H52N5O6V-. The van der Waals surface area contributed by atoms with Gasteiger partial charge in [0.2, 0.25) is 18.2 Å². The molecule has 1 radical (unpaired) electrons. The molecule has 47 heavy (non-hydrogen) atoms. The zero-order valence-electron chi connectivity index (χ0n) is 29.0. The molecule has 3 unspecified atom stereocenters. The van der Waals surface area contributed by atoms with E-state index in [9.17, 15) is 14.5 Å². The second kappa shape index (κ2) is 18.5. The predicted molar refractivity (Wildman–Crippen MR) is 178 cm³/mol. The molecule has 2 N–H and O–H groups in total. The molecule has 1 aliphatic heterocycles. The second-order valence-corrected chi connectivity index (χ2v) is 14.0. The van der Waals surface area contributed by atoms with Crippen molar-refractivity contribution in [1.29, 1.82) is 0 Å². The zero-order chi connectivity index (χ0) is 34.0. The van der Waals surface area contributed by atoms with Gasteiger partial charge in [-0.2, -0.15) is 0 Å². The molecule has 5 rings (SSSR count). The third-order valence-electron chi connectivity index (χ3n) is 9.78. The SMILES string of the molecule is COc1ccc2nc(C3CC3CCC[C@@H]3CCCC3C)c(OC)nc2c1.C[C@@H]1CCN(C(=O)[C@@H](N=O)C(C)(C)C)[C@@H]1[C-]=O.NC=O.[V]. The van der Waals surface area contributed by atoms with Crippen LogP contribution in [-0.2, 0) is 32.9 Å². The van der Waals surface area contributed by atoms with Crippen molar-refractivity contribution in [3.63, 3.8) is 0 Å². The van der Waals surface area contributed by atoms with Crippen molar-refractivity contribution >= 4 is 29.6 Å². The number of amides is 2. The summed E-state index contributed by atoms with van der Waals surface area (Å²) in [4.78, 5) is 53.5. The summed E-state index contributed by atoms with van der Waals surface area (Å²) >= 11 is 0. The standard InChI is InChI=1S/C22H30N2O2.C12H19N2O3.CH3NO.V/c1-14-6-4-7-15(14)8-5-9-16-12-18(16)21-22(26-3)24-20-13-17(25-2)10-11-19(20)23-21;1-8-5-6-14(9(8)7-15)11(16)10(13-17)12(2,3)4;2-1-3;/h10-11,13-16,18H,4-9,12H2,1-3H3;8-10H,5-6H2,1-4H3;1H,(H2,2,3);/q;-1;;/t14?,15-,16?,18?;8-,9-,10-;;/m01../s1. The van der Waals surface area contributed by atoms with E-state index < -0.39 is 17.5 Å². The fraction of sp³-hybridized carbons (Fsp3) is 0.686. The van der Waals surface area contributed by atoms with E-state index in [1.807, 2.05) is 31.4 Å². The Kier molecular flexibility index (Phi) is 15.8. The monoisotopic (exact) mass is 689 g/mol. The summed E-state index contributed by atoms with van der Waals surface area (Å²) < 4.78 is 10.9. The van der Waals surface area contributed by atoms with Crippen LogP contribution in [0.25, 0.3) is 11.0 Å². The van der Waals surface area contributed by atoms with Gasteiger partial charge in [-0.3, -0.25) is 9.59 Å². The molecule has 0 spiro atoms. The summed E-state index contributed by atoms with van der Waals surface area (Å²) in [5, 5.41) is 2.93. The van der Waals surface area contributed by atoms with Gasteiger partial charge in [-0.25, -0.2) is 16.3 Å². The number of rotatable bonds is 10. The largest absolute Gasteiger partial charge is 0.540 e. The number of nitroso groups, excluding NO2 is 1. The molecule has 0 bridgehead atoms. The third kappa shape index (κ3) is 10.5. The maximum atomic E-state index is 12.2. The zero-order valence-corrected chi connectivity index (χ0v) is 30.4. The Morgan fingerprint density at radius 3 is 2.32 bits per heavy atom. The Bertz CT molecular complexity index is 1340. The molecule has 259 valence electrons. The molecular weight excluding hydrogens is 637 g/mol. The number of aromatic nitrogens is 2. The van der Waals surface area contributed by atoms with Gasteiger partial charge < -0.3 is 24.9 Å². The van der Waals surface area contributed by atoms with Crippen molar-refractivity contribution in [2.45, 2.75) is 104 Å². The van der Waals surface area contributed by atoms with Gasteiger partial charge in [0.1, 0.15) is 11.4 Å². The van der Waals surface area contributed by atoms with Gasteiger partial charge in [-0.1, -0.05) is 77.9 Å². The van der Waals surface area contributed by atoms with Gasteiger partial charge in [-0.15, -0.1) is 4.91 Å². The number of benzene rings is 1. The number of hydrogen-bond donors (Lipinski definition) is 1. The first-order valence-corrected chi connectivity index (χ1v) is 16.5. The summed E-state index contributed by atoms with van der Waals surface area (Å²) in [5.74, 6) is 4.41. The number of fused-ring (bicyclic) bond motifs is 1. The fourth-order valence-corrected chi connectivity index (χ4v) is 6.85. The molecule has 2 aliphatic carbocycles. The maximum absolute atomic E-state index is 12.2. The minimum absolute atomic E-state index is 0. The van der Waals surface area contributed by atoms with E-state index in [0.717, 1.165) is 46.7 Å². The summed E-state index contributed by atoms with van der Waals surface area (Å²) in [7, 11) is 3.36. The number of carbonyl (C=O) groups is 2. The third-order valence-corrected chi connectivity index (χ3v) is 9.78. The van der Waals surface area contributed by atoms with Crippen molar-refractivity contribution in [3.05, 3.63) is 28.8 Å². The summed E-state index contributed by atoms with van der Waals surface area (Å²) in [6.45, 7) is 10.2. The normalized spacial score (nSPS) is 25.2. The molecule has 2 saturated carbocycles. The number of ether oxygens (including phenoxy) is 2. The number of nitrogens with two attached hydrogens (primary N) is 1. The number of hydrogen-bond acceptors (Lipinski definition) is 9. The van der Waals surface area contributed by atoms with Crippen LogP contribution in [-0.4, -0.2) is 66.3 Å². The Balaban J connectivity index is 0.000000319. The van der Waals surface area contributed by atoms with Gasteiger partial charge >= 0.3 is 0 Å². The predicted octanol–water partition coefficient (Wildman–Crippen LogP) is 5.97. The van der Waals surface area contributed by atoms with Crippen LogP contribution in [0.2, 0.25) is 0 Å². The molecule has 1 aromatic heterocycles. The van der Waals surface area contributed by atoms with E-state index in [0.29, 0.717) is 18.3 Å². The molecule has 2 amide bonds. The van der Waals surface area contributed by atoms with E-state index >= 15 is 0 Å². The molecule has 1 saturated heterocycles. The second-order valence-electron chi connectivity index (χ2n) is 14.0. The maximum Gasteiger partial charge on any atom is 0.249 e. The number of nitrogens with zero attached hydrogens (tertiary/aromatic N) is 4. The molecule has 3 fully saturated rings. The van der Waals surface area contributed by atoms with Crippen LogP contribution in [0.3, 0.4) is 0 Å². The minimum atomic E-state index is -0.941. The average Bonchev–Trinajstić information content (AvgIpc) is 3.52. The first-order valence-electron chi connectivity index (χ1n) is 16.5. The molecule has 2 aromatic rings. The molecule has 12 heteroatoms. The number of primary amides is 1. The van der Waals surface area contributed by atoms with E-state index in [1.54, 1.807) is 35.0 Å². The van der Waals surface area contributed by atoms with Crippen molar-refractivity contribution < 1.29 is 42.4 Å². The molecule has 11 nitrogen and oxygen atoms in total. The smallest absolute Gasteiger partial charge is 0.249 e. The first-order chi connectivity index (χ1) is 21.9. The van der Waals surface area contributed by atoms with Crippen LogP contribution >= 0.6 is 0 Å². The Morgan fingerprint density at radius 2 is 1.77 bits per heavy atom. The fourth-order valence-electron chi connectivity index (χ4n) is 6.85. The van der Waals surface area contributed by atoms with Crippen LogP contribution in [0.15, 0.2) is 23.4 Å². The van der Waals surface area contributed by atoms with E-state index in [1.165, 1.54) is 49.8 Å². The topological polar surface area (TPSA) is 154 Å². The Hall–Kier alpha value is -3.05. The van der Waals surface area contributed by atoms with Crippen LogP contribution in [0.5, 0.6) is 11.6 Å². The first kappa shape index (κ1) is 40.1. The number of likely N-dealkylation sites (tertiary alicyclic amines) is 1. The van der Waals surface area contributed by atoms with E-state index in [-0.39, 0.29) is 36.8 Å². The number of methoxy groups -OCH3 is 2. The van der Waals surface area contributed by atoms with Crippen molar-refractivity contribution in [2.75, 3.05) is 20.8 Å². The van der Waals surface area contributed by atoms with Gasteiger partial charge in [0.25, 0.3) is 0 Å². The van der Waals surface area contributed by atoms with E-state index in [4.69, 9.17) is 19.3 Å². The van der Waals surface area contributed by atoms with Crippen LogP contribution in [0.1, 0.15) is 97.6 Å². The average molecular weight is 690 g/mol. The molecule has 3 aliphatic rings. The van der Waals surface area contributed by atoms with Crippen LogP contribution in [0, 0.1) is 34.0 Å². The summed E-state index contributed by atoms with van der Waals surface area (Å²) in [5.41, 5.74) is 6.44. The van der Waals surface area contributed by atoms with Gasteiger partial charge in [0, 0.05) is 37.1 Å². The van der Waals surface area contributed by atoms with Crippen LogP contribution < -0.4 is 15.2 Å². The van der Waals surface area contributed by atoms with Crippen molar-refractivity contribution in [3.8, 4) is 11.6 Å². The van der Waals surface area contributed by atoms with Crippen molar-refractivity contribution in [1.82, 2.24) is 14.9 Å². The van der Waals surface area contributed by atoms with Crippen LogP contribution in [0.4, 0.5) is 0 Å².